The minimum absolute atomic E-state index is 0.378. The van der Waals surface area contributed by atoms with Crippen molar-refractivity contribution in [2.75, 3.05) is 0 Å². The van der Waals surface area contributed by atoms with Crippen molar-refractivity contribution in [1.29, 1.82) is 0 Å². The van der Waals surface area contributed by atoms with Crippen LogP contribution < -0.4 is 4.57 Å². The zero-order valence-corrected chi connectivity index (χ0v) is 15.9. The first kappa shape index (κ1) is 16.1. The van der Waals surface area contributed by atoms with Crippen LogP contribution in [0.2, 0.25) is 0 Å². The molecule has 3 aromatic heterocycles. The Balaban J connectivity index is 1.82. The van der Waals surface area contributed by atoms with Gasteiger partial charge in [-0.05, 0) is 57.2 Å². The lowest BCUT2D eigenvalue weighted by atomic mass is 10.1. The molecule has 2 aromatic carbocycles. The van der Waals surface area contributed by atoms with E-state index in [0.717, 1.165) is 23.4 Å². The Morgan fingerprint density at radius 2 is 1.78 bits per heavy atom. The molecule has 0 saturated heterocycles. The van der Waals surface area contributed by atoms with Crippen LogP contribution in [0.5, 0.6) is 0 Å². The zero-order chi connectivity index (χ0) is 18.5. The Labute approximate surface area is 158 Å². The van der Waals surface area contributed by atoms with Gasteiger partial charge in [-0.2, -0.15) is 4.57 Å². The second kappa shape index (κ2) is 5.95. The molecule has 27 heavy (non-hydrogen) atoms. The van der Waals surface area contributed by atoms with E-state index >= 15 is 0 Å². The van der Waals surface area contributed by atoms with Gasteiger partial charge in [0.15, 0.2) is 5.52 Å². The number of rotatable bonds is 3. The van der Waals surface area contributed by atoms with Gasteiger partial charge in [-0.25, -0.2) is 9.55 Å². The lowest BCUT2D eigenvalue weighted by Gasteiger charge is -2.03. The standard InChI is InChI=1S/C23H23N4/c1-4-25-20-9-6-5-8-18(20)19-14-17(11-12-21(19)25)27-15-26(16(2)3)22-10-7-13-24-23(22)27/h5-16H,4H2,1-3H3/q+1. The van der Waals surface area contributed by atoms with Gasteiger partial charge in [0.2, 0.25) is 0 Å². The molecule has 0 amide bonds. The van der Waals surface area contributed by atoms with Crippen LogP contribution in [-0.4, -0.2) is 14.1 Å². The minimum atomic E-state index is 0.378. The maximum absolute atomic E-state index is 4.66. The number of nitrogens with zero attached hydrogens (tertiary/aromatic N) is 4. The Morgan fingerprint density at radius 3 is 2.59 bits per heavy atom. The normalized spacial score (nSPS) is 12.0. The Bertz CT molecular complexity index is 1290. The number of hydrogen-bond acceptors (Lipinski definition) is 1. The van der Waals surface area contributed by atoms with Crippen LogP contribution in [0.3, 0.4) is 0 Å². The molecular formula is C23H23N4+. The number of benzene rings is 2. The molecule has 0 radical (unpaired) electrons. The summed E-state index contributed by atoms with van der Waals surface area (Å²) in [5, 5.41) is 2.59. The summed E-state index contributed by atoms with van der Waals surface area (Å²) in [4.78, 5) is 4.66. The third-order valence-electron chi connectivity index (χ3n) is 5.42. The Hall–Kier alpha value is -3.14. The van der Waals surface area contributed by atoms with Gasteiger partial charge in [-0.15, -0.1) is 0 Å². The highest BCUT2D eigenvalue weighted by Crippen LogP contribution is 2.31. The smallest absolute Gasteiger partial charge is 0.273 e. The van der Waals surface area contributed by atoms with Crippen molar-refractivity contribution in [1.82, 2.24) is 14.1 Å². The summed E-state index contributed by atoms with van der Waals surface area (Å²) in [6.45, 7) is 7.57. The van der Waals surface area contributed by atoms with Gasteiger partial charge in [0, 0.05) is 34.5 Å². The molecule has 0 atom stereocenters. The fraction of sp³-hybridized carbons (Fsp3) is 0.217. The summed E-state index contributed by atoms with van der Waals surface area (Å²) in [6.07, 6.45) is 4.04. The van der Waals surface area contributed by atoms with Gasteiger partial charge < -0.3 is 4.57 Å². The molecule has 134 valence electrons. The highest BCUT2D eigenvalue weighted by Gasteiger charge is 2.21. The molecule has 0 aliphatic carbocycles. The van der Waals surface area contributed by atoms with Crippen molar-refractivity contribution >= 4 is 33.0 Å². The molecule has 0 saturated carbocycles. The van der Waals surface area contributed by atoms with Crippen molar-refractivity contribution < 1.29 is 4.57 Å². The summed E-state index contributed by atoms with van der Waals surface area (Å²) < 4.78 is 6.86. The quantitative estimate of drug-likeness (QED) is 0.417. The Morgan fingerprint density at radius 1 is 0.963 bits per heavy atom. The molecule has 5 aromatic rings. The summed E-state index contributed by atoms with van der Waals surface area (Å²) >= 11 is 0. The topological polar surface area (TPSA) is 26.6 Å². The molecule has 3 heterocycles. The Kier molecular flexibility index (Phi) is 3.54. The predicted molar refractivity (Wildman–Crippen MR) is 110 cm³/mol. The molecule has 0 aliphatic heterocycles. The average Bonchev–Trinajstić information content (AvgIpc) is 3.23. The van der Waals surface area contributed by atoms with Gasteiger partial charge in [-0.1, -0.05) is 18.2 Å². The fourth-order valence-corrected chi connectivity index (χ4v) is 4.15. The number of pyridine rings is 1. The van der Waals surface area contributed by atoms with Crippen molar-refractivity contribution in [3.63, 3.8) is 0 Å². The molecule has 4 heteroatoms. The second-order valence-corrected chi connectivity index (χ2v) is 7.30. The monoisotopic (exact) mass is 355 g/mol. The van der Waals surface area contributed by atoms with E-state index in [-0.39, 0.29) is 0 Å². The maximum atomic E-state index is 4.66. The van der Waals surface area contributed by atoms with Gasteiger partial charge in [0.05, 0.1) is 6.04 Å². The molecule has 0 spiro atoms. The largest absolute Gasteiger partial charge is 0.341 e. The van der Waals surface area contributed by atoms with E-state index in [2.05, 4.69) is 94.3 Å². The predicted octanol–water partition coefficient (Wildman–Crippen LogP) is 5.02. The molecule has 0 fully saturated rings. The van der Waals surface area contributed by atoms with Crippen LogP contribution in [0.4, 0.5) is 0 Å². The van der Waals surface area contributed by atoms with Crippen LogP contribution in [-0.2, 0) is 6.54 Å². The van der Waals surface area contributed by atoms with E-state index in [4.69, 9.17) is 0 Å². The third kappa shape index (κ3) is 2.29. The molecule has 5 rings (SSSR count). The van der Waals surface area contributed by atoms with Crippen LogP contribution in [0.1, 0.15) is 26.8 Å². The van der Waals surface area contributed by atoms with Crippen LogP contribution in [0, 0.1) is 0 Å². The van der Waals surface area contributed by atoms with Crippen LogP contribution >= 0.6 is 0 Å². The van der Waals surface area contributed by atoms with E-state index in [1.807, 2.05) is 12.3 Å². The van der Waals surface area contributed by atoms with Crippen LogP contribution in [0.25, 0.3) is 38.7 Å². The first-order valence-corrected chi connectivity index (χ1v) is 9.57. The van der Waals surface area contributed by atoms with Crippen LogP contribution in [0.15, 0.2) is 67.1 Å². The molecule has 0 unspecified atom stereocenters. The summed E-state index contributed by atoms with van der Waals surface area (Å²) in [6, 6.07) is 19.9. The van der Waals surface area contributed by atoms with Crippen molar-refractivity contribution in [3.8, 4) is 5.69 Å². The minimum Gasteiger partial charge on any atom is -0.341 e. The number of fused-ring (bicyclic) bond motifs is 4. The highest BCUT2D eigenvalue weighted by molar-refractivity contribution is 6.08. The summed E-state index contributed by atoms with van der Waals surface area (Å²) in [5.41, 5.74) is 5.86. The maximum Gasteiger partial charge on any atom is 0.273 e. The fourth-order valence-electron chi connectivity index (χ4n) is 4.15. The van der Waals surface area contributed by atoms with E-state index in [1.54, 1.807) is 0 Å². The number of hydrogen-bond donors (Lipinski definition) is 0. The van der Waals surface area contributed by atoms with Gasteiger partial charge in [0.1, 0.15) is 5.69 Å². The molecule has 4 nitrogen and oxygen atoms in total. The van der Waals surface area contributed by atoms with E-state index in [1.165, 1.54) is 21.8 Å². The van der Waals surface area contributed by atoms with Gasteiger partial charge >= 0.3 is 0 Å². The number of imidazole rings is 1. The van der Waals surface area contributed by atoms with E-state index < -0.39 is 0 Å². The summed E-state index contributed by atoms with van der Waals surface area (Å²) in [5.74, 6) is 0. The highest BCUT2D eigenvalue weighted by atomic mass is 15.2. The molecule has 0 aliphatic rings. The van der Waals surface area contributed by atoms with E-state index in [9.17, 15) is 0 Å². The molecule has 0 N–H and O–H groups in total. The van der Waals surface area contributed by atoms with E-state index in [0.29, 0.717) is 6.04 Å². The van der Waals surface area contributed by atoms with Crippen molar-refractivity contribution in [3.05, 3.63) is 67.1 Å². The van der Waals surface area contributed by atoms with Crippen molar-refractivity contribution in [2.24, 2.45) is 0 Å². The lowest BCUT2D eigenvalue weighted by molar-refractivity contribution is -0.691. The third-order valence-corrected chi connectivity index (χ3v) is 5.42. The summed E-state index contributed by atoms with van der Waals surface area (Å²) in [7, 11) is 0. The van der Waals surface area contributed by atoms with Crippen molar-refractivity contribution in [2.45, 2.75) is 33.4 Å². The number of aryl methyl sites for hydroxylation is 1. The number of para-hydroxylation sites is 1. The van der Waals surface area contributed by atoms with Gasteiger partial charge in [-0.3, -0.25) is 0 Å². The van der Waals surface area contributed by atoms with Gasteiger partial charge in [0.25, 0.3) is 12.0 Å². The molecular weight excluding hydrogens is 332 g/mol. The number of aromatic nitrogens is 4. The average molecular weight is 355 g/mol. The lowest BCUT2D eigenvalue weighted by Crippen LogP contribution is -2.34. The SMILES string of the molecule is CCn1c2ccccc2c2cc(-n3c[n+](C(C)C)c4cccnc43)ccc21. The first-order valence-electron chi connectivity index (χ1n) is 9.57. The zero-order valence-electron chi connectivity index (χ0n) is 15.9. The first-order chi connectivity index (χ1) is 13.2. The second-order valence-electron chi connectivity index (χ2n) is 7.30. The molecule has 0 bridgehead atoms.